The lowest BCUT2D eigenvalue weighted by molar-refractivity contribution is 0.196. The van der Waals surface area contributed by atoms with Gasteiger partial charge in [-0.25, -0.2) is 4.98 Å². The summed E-state index contributed by atoms with van der Waals surface area (Å²) in [6, 6.07) is 7.74. The molecule has 0 unspecified atom stereocenters. The molecule has 0 aliphatic heterocycles. The maximum Gasteiger partial charge on any atom is 0.161 e. The Kier molecular flexibility index (Phi) is 6.15. The summed E-state index contributed by atoms with van der Waals surface area (Å²) < 4.78 is 12.5. The highest BCUT2D eigenvalue weighted by atomic mass is 35.5. The quantitative estimate of drug-likeness (QED) is 0.575. The molecule has 8 heteroatoms. The number of aromatic nitrogens is 3. The number of fused-ring (bicyclic) bond motifs is 1. The summed E-state index contributed by atoms with van der Waals surface area (Å²) in [6.45, 7) is 3.37. The molecule has 0 radical (unpaired) electrons. The molecule has 0 aliphatic rings. The number of hydrogen-bond acceptors (Lipinski definition) is 6. The smallest absolute Gasteiger partial charge is 0.161 e. The van der Waals surface area contributed by atoms with Gasteiger partial charge >= 0.3 is 0 Å². The Bertz CT molecular complexity index is 942. The van der Waals surface area contributed by atoms with Crippen molar-refractivity contribution in [2.45, 2.75) is 20.0 Å². The van der Waals surface area contributed by atoms with Crippen molar-refractivity contribution < 1.29 is 14.6 Å². The van der Waals surface area contributed by atoms with Crippen molar-refractivity contribution in [3.63, 3.8) is 0 Å². The van der Waals surface area contributed by atoms with Gasteiger partial charge in [0.2, 0.25) is 0 Å². The van der Waals surface area contributed by atoms with Crippen LogP contribution >= 0.6 is 11.6 Å². The van der Waals surface area contributed by atoms with Gasteiger partial charge in [0.05, 0.1) is 19.4 Å². The van der Waals surface area contributed by atoms with Gasteiger partial charge < -0.3 is 19.9 Å². The minimum absolute atomic E-state index is 0.0397. The van der Waals surface area contributed by atoms with Crippen LogP contribution in [0.1, 0.15) is 16.8 Å². The highest BCUT2D eigenvalue weighted by Crippen LogP contribution is 2.28. The van der Waals surface area contributed by atoms with Gasteiger partial charge in [-0.3, -0.25) is 4.68 Å². The van der Waals surface area contributed by atoms with Gasteiger partial charge in [0, 0.05) is 31.1 Å². The first kappa shape index (κ1) is 19.4. The maximum atomic E-state index is 8.88. The molecule has 0 spiro atoms. The van der Waals surface area contributed by atoms with Crippen molar-refractivity contribution in [3.05, 3.63) is 46.2 Å². The summed E-state index contributed by atoms with van der Waals surface area (Å²) in [5.41, 5.74) is 3.69. The molecule has 0 saturated carbocycles. The zero-order valence-electron chi connectivity index (χ0n) is 15.6. The van der Waals surface area contributed by atoms with Crippen molar-refractivity contribution in [2.75, 3.05) is 20.3 Å². The molecule has 3 rings (SSSR count). The van der Waals surface area contributed by atoms with Gasteiger partial charge in [0.25, 0.3) is 0 Å². The zero-order chi connectivity index (χ0) is 19.4. The number of halogens is 1. The Morgan fingerprint density at radius 3 is 2.78 bits per heavy atom. The Labute approximate surface area is 162 Å². The first-order valence-electron chi connectivity index (χ1n) is 8.63. The fraction of sp³-hybridized carbons (Fsp3) is 0.368. The number of ether oxygens (including phenoxy) is 2. The molecule has 0 atom stereocenters. The molecule has 2 N–H and O–H groups in total. The van der Waals surface area contributed by atoms with E-state index in [-0.39, 0.29) is 13.2 Å². The van der Waals surface area contributed by atoms with Gasteiger partial charge in [-0.05, 0) is 30.7 Å². The fourth-order valence-corrected chi connectivity index (χ4v) is 3.13. The molecule has 0 aliphatic carbocycles. The number of nitrogens with zero attached hydrogens (tertiary/aromatic N) is 3. The molecule has 0 fully saturated rings. The van der Waals surface area contributed by atoms with E-state index < -0.39 is 0 Å². The summed E-state index contributed by atoms with van der Waals surface area (Å²) in [5, 5.41) is 18.1. The molecule has 2 heterocycles. The van der Waals surface area contributed by atoms with E-state index >= 15 is 0 Å². The zero-order valence-corrected chi connectivity index (χ0v) is 16.4. The van der Waals surface area contributed by atoms with Crippen LogP contribution in [0.5, 0.6) is 11.5 Å². The van der Waals surface area contributed by atoms with Crippen molar-refractivity contribution in [1.29, 1.82) is 0 Å². The van der Waals surface area contributed by atoms with Gasteiger partial charge in [-0.2, -0.15) is 5.10 Å². The maximum absolute atomic E-state index is 8.88. The molecule has 27 heavy (non-hydrogen) atoms. The second-order valence-electron chi connectivity index (χ2n) is 6.18. The molecule has 3 aromatic rings. The predicted molar refractivity (Wildman–Crippen MR) is 104 cm³/mol. The molecule has 144 valence electrons. The first-order valence-corrected chi connectivity index (χ1v) is 9.01. The number of aliphatic hydroxyl groups excluding tert-OH is 1. The molecule has 0 amide bonds. The number of benzene rings is 1. The van der Waals surface area contributed by atoms with Crippen LogP contribution in [0.4, 0.5) is 0 Å². The number of methoxy groups -OCH3 is 1. The molecular weight excluding hydrogens is 368 g/mol. The van der Waals surface area contributed by atoms with Crippen LogP contribution in [0.2, 0.25) is 5.15 Å². The van der Waals surface area contributed by atoms with Crippen LogP contribution in [0.15, 0.2) is 24.3 Å². The van der Waals surface area contributed by atoms with E-state index in [9.17, 15) is 0 Å². The molecule has 2 aromatic heterocycles. The number of aryl methyl sites for hydroxylation is 2. The molecule has 0 saturated heterocycles. The van der Waals surface area contributed by atoms with Crippen LogP contribution in [0.3, 0.4) is 0 Å². The van der Waals surface area contributed by atoms with E-state index in [4.69, 9.17) is 26.2 Å². The third-order valence-corrected chi connectivity index (χ3v) is 4.57. The molecule has 1 aromatic carbocycles. The van der Waals surface area contributed by atoms with Crippen molar-refractivity contribution in [1.82, 2.24) is 20.1 Å². The average molecular weight is 391 g/mol. The second kappa shape index (κ2) is 8.56. The van der Waals surface area contributed by atoms with E-state index in [1.807, 2.05) is 38.2 Å². The Balaban J connectivity index is 1.68. The number of pyridine rings is 1. The van der Waals surface area contributed by atoms with Gasteiger partial charge in [-0.15, -0.1) is 0 Å². The normalized spacial score (nSPS) is 11.1. The number of aliphatic hydroxyl groups is 1. The summed E-state index contributed by atoms with van der Waals surface area (Å²) in [4.78, 5) is 4.46. The van der Waals surface area contributed by atoms with Crippen LogP contribution in [0.25, 0.3) is 11.0 Å². The highest BCUT2D eigenvalue weighted by Gasteiger charge is 2.11. The summed E-state index contributed by atoms with van der Waals surface area (Å²) >= 11 is 6.33. The lowest BCUT2D eigenvalue weighted by Crippen LogP contribution is -2.13. The van der Waals surface area contributed by atoms with Crippen molar-refractivity contribution >= 4 is 22.6 Å². The lowest BCUT2D eigenvalue weighted by Gasteiger charge is -2.12. The summed E-state index contributed by atoms with van der Waals surface area (Å²) in [5.74, 6) is 1.25. The van der Waals surface area contributed by atoms with Gasteiger partial charge in [-0.1, -0.05) is 17.7 Å². The van der Waals surface area contributed by atoms with E-state index in [1.165, 1.54) is 0 Å². The third-order valence-electron chi connectivity index (χ3n) is 4.25. The number of hydrogen-bond donors (Lipinski definition) is 2. The van der Waals surface area contributed by atoms with Crippen LogP contribution < -0.4 is 14.8 Å². The number of nitrogens with one attached hydrogen (secondary N) is 1. The van der Waals surface area contributed by atoms with Gasteiger partial charge in [0.15, 0.2) is 17.1 Å². The predicted octanol–water partition coefficient (Wildman–Crippen LogP) is 2.60. The molecule has 0 bridgehead atoms. The van der Waals surface area contributed by atoms with Crippen molar-refractivity contribution in [3.8, 4) is 11.5 Å². The lowest BCUT2D eigenvalue weighted by atomic mass is 10.1. The second-order valence-corrected chi connectivity index (χ2v) is 6.54. The van der Waals surface area contributed by atoms with Gasteiger partial charge in [0.1, 0.15) is 11.8 Å². The summed E-state index contributed by atoms with van der Waals surface area (Å²) in [6.07, 6.45) is 0. The van der Waals surface area contributed by atoms with E-state index in [0.717, 1.165) is 27.9 Å². The fourth-order valence-electron chi connectivity index (χ4n) is 2.92. The van der Waals surface area contributed by atoms with Crippen LogP contribution in [0, 0.1) is 6.92 Å². The number of rotatable bonds is 8. The van der Waals surface area contributed by atoms with Crippen molar-refractivity contribution in [2.24, 2.45) is 7.05 Å². The minimum Gasteiger partial charge on any atom is -0.493 e. The molecule has 7 nitrogen and oxygen atoms in total. The van der Waals surface area contributed by atoms with E-state index in [1.54, 1.807) is 11.8 Å². The van der Waals surface area contributed by atoms with E-state index in [2.05, 4.69) is 15.4 Å². The topological polar surface area (TPSA) is 81.4 Å². The first-order chi connectivity index (χ1) is 13.0. The van der Waals surface area contributed by atoms with Crippen LogP contribution in [-0.4, -0.2) is 40.2 Å². The third kappa shape index (κ3) is 4.32. The molecular formula is C19H23ClN4O3. The van der Waals surface area contributed by atoms with Crippen LogP contribution in [-0.2, 0) is 20.1 Å². The average Bonchev–Trinajstić information content (AvgIpc) is 2.93. The standard InChI is InChI=1S/C19H23ClN4O3/c1-12-15-9-14(18(20)22-19(15)24(2)23-12)11-21-10-13-4-5-16(27-7-6-25)17(8-13)26-3/h4-5,8-9,21,25H,6-7,10-11H2,1-3H3. The largest absolute Gasteiger partial charge is 0.493 e. The highest BCUT2D eigenvalue weighted by molar-refractivity contribution is 6.30. The monoisotopic (exact) mass is 390 g/mol. The Morgan fingerprint density at radius 2 is 2.04 bits per heavy atom. The Hall–Kier alpha value is -2.35. The minimum atomic E-state index is -0.0397. The Morgan fingerprint density at radius 1 is 1.22 bits per heavy atom. The summed E-state index contributed by atoms with van der Waals surface area (Å²) in [7, 11) is 3.45. The SMILES string of the molecule is COc1cc(CNCc2cc3c(C)nn(C)c3nc2Cl)ccc1OCCO. The van der Waals surface area contributed by atoms with E-state index in [0.29, 0.717) is 29.7 Å².